The number of fused-ring (bicyclic) bond motifs is 6. The molecule has 0 atom stereocenters. The summed E-state index contributed by atoms with van der Waals surface area (Å²) in [6, 6.07) is 48.4. The molecule has 0 unspecified atom stereocenters. The van der Waals surface area contributed by atoms with Crippen LogP contribution in [0.25, 0.3) is 77.4 Å². The van der Waals surface area contributed by atoms with Crippen LogP contribution in [-0.2, 0) is 0 Å². The van der Waals surface area contributed by atoms with Crippen molar-refractivity contribution in [3.05, 3.63) is 158 Å². The minimum atomic E-state index is 0.603. The third-order valence-electron chi connectivity index (χ3n) is 8.90. The number of benzene rings is 5. The van der Waals surface area contributed by atoms with Crippen molar-refractivity contribution in [3.8, 4) is 39.8 Å². The highest BCUT2D eigenvalue weighted by Crippen LogP contribution is 2.35. The van der Waals surface area contributed by atoms with Crippen molar-refractivity contribution in [2.24, 2.45) is 0 Å². The van der Waals surface area contributed by atoms with E-state index in [2.05, 4.69) is 129 Å². The Hall–Kier alpha value is -6.51. The fraction of sp³-hybridized carbons (Fsp3) is 0. The molecular formula is C41H25N5. The van der Waals surface area contributed by atoms with E-state index in [9.17, 15) is 5.26 Å². The number of nitriles is 1. The van der Waals surface area contributed by atoms with E-state index >= 15 is 0 Å². The Morgan fingerprint density at radius 1 is 0.457 bits per heavy atom. The molecule has 5 aromatic carbocycles. The van der Waals surface area contributed by atoms with E-state index < -0.39 is 0 Å². The SMILES string of the molecule is N#Cc1cc(-c2cncc(-c3ccc(-n4c5ccccc5c5ccccc54)nc3)c2)ccc1-n1c2ccccc2c2ccccc21. The molecule has 0 saturated heterocycles. The quantitative estimate of drug-likeness (QED) is 0.206. The lowest BCUT2D eigenvalue weighted by atomic mass is 10.0. The lowest BCUT2D eigenvalue weighted by molar-refractivity contribution is 1.08. The van der Waals surface area contributed by atoms with Crippen LogP contribution < -0.4 is 0 Å². The molecule has 9 rings (SSSR count). The summed E-state index contributed by atoms with van der Waals surface area (Å²) in [4.78, 5) is 9.49. The summed E-state index contributed by atoms with van der Waals surface area (Å²) in [6.07, 6.45) is 5.62. The van der Waals surface area contributed by atoms with Crippen molar-refractivity contribution in [1.29, 1.82) is 5.26 Å². The zero-order valence-electron chi connectivity index (χ0n) is 24.7. The van der Waals surface area contributed by atoms with Crippen LogP contribution in [0.4, 0.5) is 0 Å². The topological polar surface area (TPSA) is 59.4 Å². The Labute approximate surface area is 264 Å². The number of aromatic nitrogens is 4. The van der Waals surface area contributed by atoms with Gasteiger partial charge in [-0.25, -0.2) is 4.98 Å². The van der Waals surface area contributed by atoms with Crippen molar-refractivity contribution in [2.75, 3.05) is 0 Å². The lowest BCUT2D eigenvalue weighted by Crippen LogP contribution is -1.98. The molecule has 214 valence electrons. The van der Waals surface area contributed by atoms with Crippen LogP contribution in [0.1, 0.15) is 5.56 Å². The van der Waals surface area contributed by atoms with Crippen molar-refractivity contribution in [2.45, 2.75) is 0 Å². The molecule has 9 aromatic rings. The summed E-state index contributed by atoms with van der Waals surface area (Å²) in [5.41, 5.74) is 9.69. The molecule has 0 amide bonds. The first kappa shape index (κ1) is 25.9. The van der Waals surface area contributed by atoms with Gasteiger partial charge in [-0.3, -0.25) is 9.55 Å². The minimum absolute atomic E-state index is 0.603. The number of nitrogens with zero attached hydrogens (tertiary/aromatic N) is 5. The first-order chi connectivity index (χ1) is 22.8. The summed E-state index contributed by atoms with van der Waals surface area (Å²) in [6.45, 7) is 0. The first-order valence-electron chi connectivity index (χ1n) is 15.2. The second kappa shape index (κ2) is 10.3. The molecule has 5 nitrogen and oxygen atoms in total. The molecule has 0 saturated carbocycles. The molecular weight excluding hydrogens is 562 g/mol. The van der Waals surface area contributed by atoms with Gasteiger partial charge in [0, 0.05) is 56.8 Å². The molecule has 4 heterocycles. The summed E-state index contributed by atoms with van der Waals surface area (Å²) < 4.78 is 4.40. The first-order valence-corrected chi connectivity index (χ1v) is 15.2. The van der Waals surface area contributed by atoms with Crippen molar-refractivity contribution < 1.29 is 0 Å². The van der Waals surface area contributed by atoms with Gasteiger partial charge in [-0.05, 0) is 60.2 Å². The fourth-order valence-electron chi connectivity index (χ4n) is 6.80. The number of rotatable bonds is 4. The highest BCUT2D eigenvalue weighted by molar-refractivity contribution is 6.10. The van der Waals surface area contributed by atoms with Crippen LogP contribution in [0.3, 0.4) is 0 Å². The molecule has 0 bridgehead atoms. The Bertz CT molecular complexity index is 2550. The predicted octanol–water partition coefficient (Wildman–Crippen LogP) is 9.88. The van der Waals surface area contributed by atoms with Crippen LogP contribution in [0, 0.1) is 11.3 Å². The maximum absolute atomic E-state index is 10.3. The molecule has 46 heavy (non-hydrogen) atoms. The van der Waals surface area contributed by atoms with Gasteiger partial charge >= 0.3 is 0 Å². The summed E-state index contributed by atoms with van der Waals surface area (Å²) in [5.74, 6) is 0.865. The number of pyridine rings is 2. The van der Waals surface area contributed by atoms with Crippen LogP contribution in [-0.4, -0.2) is 19.1 Å². The Morgan fingerprint density at radius 2 is 0.957 bits per heavy atom. The lowest BCUT2D eigenvalue weighted by Gasteiger charge is -2.12. The average Bonchev–Trinajstić information content (AvgIpc) is 3.65. The normalized spacial score (nSPS) is 11.5. The molecule has 0 radical (unpaired) electrons. The van der Waals surface area contributed by atoms with Crippen LogP contribution >= 0.6 is 0 Å². The van der Waals surface area contributed by atoms with Crippen molar-refractivity contribution in [1.82, 2.24) is 19.1 Å². The Balaban J connectivity index is 1.10. The van der Waals surface area contributed by atoms with E-state index in [0.29, 0.717) is 5.56 Å². The monoisotopic (exact) mass is 587 g/mol. The summed E-state index contributed by atoms with van der Waals surface area (Å²) in [7, 11) is 0. The number of hydrogen-bond acceptors (Lipinski definition) is 3. The second-order valence-corrected chi connectivity index (χ2v) is 11.5. The maximum Gasteiger partial charge on any atom is 0.137 e. The van der Waals surface area contributed by atoms with Gasteiger partial charge < -0.3 is 4.57 Å². The Morgan fingerprint density at radius 3 is 1.48 bits per heavy atom. The average molecular weight is 588 g/mol. The third-order valence-corrected chi connectivity index (χ3v) is 8.90. The molecule has 0 fully saturated rings. The van der Waals surface area contributed by atoms with Crippen molar-refractivity contribution in [3.63, 3.8) is 0 Å². The third kappa shape index (κ3) is 3.94. The molecule has 0 N–H and O–H groups in total. The van der Waals surface area contributed by atoms with Crippen LogP contribution in [0.2, 0.25) is 0 Å². The van der Waals surface area contributed by atoms with Gasteiger partial charge in [0.25, 0.3) is 0 Å². The zero-order valence-corrected chi connectivity index (χ0v) is 24.7. The van der Waals surface area contributed by atoms with Gasteiger partial charge in [0.2, 0.25) is 0 Å². The molecule has 0 aliphatic rings. The van der Waals surface area contributed by atoms with E-state index in [1.165, 1.54) is 21.5 Å². The standard InChI is InChI=1S/C41H25N5/c42-23-29-21-27(17-19-36(29)45-37-13-5-1-9-32(37)33-10-2-6-14-38(33)45)30-22-31(25-43-24-30)28-18-20-41(44-26-28)46-39-15-7-3-11-34(39)35-12-4-8-16-40(35)46/h1-22,24-26H. The smallest absolute Gasteiger partial charge is 0.137 e. The van der Waals surface area contributed by atoms with E-state index in [1.807, 2.05) is 42.9 Å². The van der Waals surface area contributed by atoms with Gasteiger partial charge in [0.15, 0.2) is 0 Å². The molecule has 0 aliphatic carbocycles. The number of para-hydroxylation sites is 4. The molecule has 0 spiro atoms. The fourth-order valence-corrected chi connectivity index (χ4v) is 6.80. The van der Waals surface area contributed by atoms with Gasteiger partial charge in [0.1, 0.15) is 11.9 Å². The summed E-state index contributed by atoms with van der Waals surface area (Å²) in [5, 5.41) is 15.1. The van der Waals surface area contributed by atoms with Gasteiger partial charge in [-0.2, -0.15) is 5.26 Å². The van der Waals surface area contributed by atoms with Gasteiger partial charge in [-0.15, -0.1) is 0 Å². The van der Waals surface area contributed by atoms with E-state index in [0.717, 1.165) is 55.8 Å². The van der Waals surface area contributed by atoms with Gasteiger partial charge in [0.05, 0.1) is 33.3 Å². The van der Waals surface area contributed by atoms with Crippen molar-refractivity contribution >= 4 is 43.6 Å². The summed E-state index contributed by atoms with van der Waals surface area (Å²) >= 11 is 0. The molecule has 5 heteroatoms. The molecule has 0 aliphatic heterocycles. The van der Waals surface area contributed by atoms with Crippen LogP contribution in [0.5, 0.6) is 0 Å². The highest BCUT2D eigenvalue weighted by atomic mass is 15.1. The maximum atomic E-state index is 10.3. The number of hydrogen-bond donors (Lipinski definition) is 0. The van der Waals surface area contributed by atoms with E-state index in [4.69, 9.17) is 4.98 Å². The van der Waals surface area contributed by atoms with E-state index in [-0.39, 0.29) is 0 Å². The van der Waals surface area contributed by atoms with Crippen LogP contribution in [0.15, 0.2) is 152 Å². The molecule has 4 aromatic heterocycles. The predicted molar refractivity (Wildman–Crippen MR) is 186 cm³/mol. The zero-order chi connectivity index (χ0) is 30.6. The largest absolute Gasteiger partial charge is 0.308 e. The Kier molecular flexibility index (Phi) is 5.81. The van der Waals surface area contributed by atoms with Gasteiger partial charge in [-0.1, -0.05) is 78.9 Å². The highest BCUT2D eigenvalue weighted by Gasteiger charge is 2.16. The van der Waals surface area contributed by atoms with E-state index in [1.54, 1.807) is 0 Å². The second-order valence-electron chi connectivity index (χ2n) is 11.5. The minimum Gasteiger partial charge on any atom is -0.308 e.